The molecule has 1 aromatic carbocycles. The van der Waals surface area contributed by atoms with E-state index in [-0.39, 0.29) is 10.8 Å². The summed E-state index contributed by atoms with van der Waals surface area (Å²) in [6, 6.07) is 4.34. The number of rotatable bonds is 4. The van der Waals surface area contributed by atoms with Crippen molar-refractivity contribution in [1.29, 1.82) is 0 Å². The Balaban J connectivity index is 2.07. The number of nitrogens with two attached hydrogens (primary N) is 1. The van der Waals surface area contributed by atoms with Gasteiger partial charge < -0.3 is 5.73 Å². The van der Waals surface area contributed by atoms with Gasteiger partial charge in [0.1, 0.15) is 10.8 Å². The van der Waals surface area contributed by atoms with Crippen molar-refractivity contribution in [3.63, 3.8) is 0 Å². The maximum Gasteiger partial charge on any atom is 0.211 e. The van der Waals surface area contributed by atoms with E-state index in [1.807, 2.05) is 0 Å². The topological polar surface area (TPSA) is 66.6 Å². The third-order valence-electron chi connectivity index (χ3n) is 3.53. The summed E-state index contributed by atoms with van der Waals surface area (Å²) < 4.78 is 37.8. The highest BCUT2D eigenvalue weighted by Crippen LogP contribution is 2.16. The lowest BCUT2D eigenvalue weighted by molar-refractivity contribution is 0.182. The largest absolute Gasteiger partial charge is 0.389 e. The Morgan fingerprint density at radius 3 is 2.48 bits per heavy atom. The van der Waals surface area contributed by atoms with E-state index >= 15 is 0 Å². The number of benzene rings is 1. The number of nitrogens with zero attached hydrogens (tertiary/aromatic N) is 2. The first-order chi connectivity index (χ1) is 9.77. The van der Waals surface area contributed by atoms with Gasteiger partial charge in [-0.2, -0.15) is 4.31 Å². The molecule has 0 aliphatic carbocycles. The first-order valence-electron chi connectivity index (χ1n) is 6.53. The second-order valence-corrected chi connectivity index (χ2v) is 7.53. The molecule has 2 rings (SSSR count). The molecule has 116 valence electrons. The summed E-state index contributed by atoms with van der Waals surface area (Å²) in [7, 11) is -3.14. The van der Waals surface area contributed by atoms with Gasteiger partial charge in [-0.15, -0.1) is 0 Å². The fourth-order valence-electron chi connectivity index (χ4n) is 2.39. The number of thiocarbonyl (C=S) groups is 1. The van der Waals surface area contributed by atoms with Crippen molar-refractivity contribution in [2.45, 2.75) is 6.54 Å². The molecule has 2 N–H and O–H groups in total. The van der Waals surface area contributed by atoms with E-state index in [2.05, 4.69) is 4.90 Å². The zero-order chi connectivity index (χ0) is 15.6. The van der Waals surface area contributed by atoms with E-state index in [0.717, 1.165) is 5.56 Å². The van der Waals surface area contributed by atoms with Crippen LogP contribution in [0.25, 0.3) is 0 Å². The van der Waals surface area contributed by atoms with Crippen LogP contribution < -0.4 is 5.73 Å². The van der Waals surface area contributed by atoms with Gasteiger partial charge >= 0.3 is 0 Å². The summed E-state index contributed by atoms with van der Waals surface area (Å²) >= 11 is 4.98. The van der Waals surface area contributed by atoms with Gasteiger partial charge in [-0.3, -0.25) is 4.90 Å². The molecular formula is C13H18FN3O2S2. The zero-order valence-corrected chi connectivity index (χ0v) is 13.4. The molecule has 1 saturated heterocycles. The number of halogens is 1. The van der Waals surface area contributed by atoms with Crippen LogP contribution in [0.5, 0.6) is 0 Å². The molecular weight excluding hydrogens is 313 g/mol. The van der Waals surface area contributed by atoms with Crippen LogP contribution in [0.15, 0.2) is 18.2 Å². The molecule has 0 spiro atoms. The number of hydrogen-bond acceptors (Lipinski definition) is 4. The van der Waals surface area contributed by atoms with E-state index in [1.165, 1.54) is 22.7 Å². The SMILES string of the molecule is CS(=O)(=O)N1CCN(Cc2cc(F)ccc2C(N)=S)CC1. The quantitative estimate of drug-likeness (QED) is 0.816. The molecule has 1 aliphatic heterocycles. The van der Waals surface area contributed by atoms with E-state index < -0.39 is 10.0 Å². The van der Waals surface area contributed by atoms with E-state index in [4.69, 9.17) is 18.0 Å². The zero-order valence-electron chi connectivity index (χ0n) is 11.8. The Morgan fingerprint density at radius 2 is 1.95 bits per heavy atom. The van der Waals surface area contributed by atoms with Gasteiger partial charge in [0, 0.05) is 38.3 Å². The lowest BCUT2D eigenvalue weighted by Gasteiger charge is -2.33. The molecule has 0 amide bonds. The lowest BCUT2D eigenvalue weighted by atomic mass is 10.1. The Bertz CT molecular complexity index is 641. The highest BCUT2D eigenvalue weighted by Gasteiger charge is 2.23. The molecule has 0 unspecified atom stereocenters. The summed E-state index contributed by atoms with van der Waals surface area (Å²) in [6.07, 6.45) is 1.21. The Morgan fingerprint density at radius 1 is 1.33 bits per heavy atom. The Hall–Kier alpha value is -1.09. The standard InChI is InChI=1S/C13H18FN3O2S2/c1-21(18,19)17-6-4-16(5-7-17)9-10-8-11(14)2-3-12(10)13(15)20/h2-3,8H,4-7,9H2,1H3,(H2,15,20). The molecule has 0 radical (unpaired) electrons. The van der Waals surface area contributed by atoms with Crippen molar-refractivity contribution < 1.29 is 12.8 Å². The van der Waals surface area contributed by atoms with Crippen LogP contribution in [0, 0.1) is 5.82 Å². The molecule has 0 atom stereocenters. The third kappa shape index (κ3) is 4.19. The second kappa shape index (κ2) is 6.35. The van der Waals surface area contributed by atoms with E-state index in [1.54, 1.807) is 6.07 Å². The highest BCUT2D eigenvalue weighted by molar-refractivity contribution is 7.88. The maximum absolute atomic E-state index is 13.4. The van der Waals surface area contributed by atoms with Gasteiger partial charge in [0.15, 0.2) is 0 Å². The second-order valence-electron chi connectivity index (χ2n) is 5.10. The molecule has 0 bridgehead atoms. The van der Waals surface area contributed by atoms with Crippen LogP contribution in [-0.2, 0) is 16.6 Å². The summed E-state index contributed by atoms with van der Waals surface area (Å²) in [5.41, 5.74) is 7.05. The summed E-state index contributed by atoms with van der Waals surface area (Å²) in [5, 5.41) is 0. The fourth-order valence-corrected chi connectivity index (χ4v) is 3.42. The first-order valence-corrected chi connectivity index (χ1v) is 8.79. The van der Waals surface area contributed by atoms with Crippen LogP contribution in [-0.4, -0.2) is 55.0 Å². The van der Waals surface area contributed by atoms with Crippen molar-refractivity contribution >= 4 is 27.2 Å². The highest BCUT2D eigenvalue weighted by atomic mass is 32.2. The van der Waals surface area contributed by atoms with Crippen molar-refractivity contribution in [3.8, 4) is 0 Å². The average molecular weight is 331 g/mol. The molecule has 8 heteroatoms. The number of hydrogen-bond donors (Lipinski definition) is 1. The van der Waals surface area contributed by atoms with Crippen molar-refractivity contribution in [2.75, 3.05) is 32.4 Å². The molecule has 0 saturated carbocycles. The Labute approximate surface area is 129 Å². The van der Waals surface area contributed by atoms with Gasteiger partial charge in [0.2, 0.25) is 10.0 Å². The molecule has 1 heterocycles. The van der Waals surface area contributed by atoms with Gasteiger partial charge in [0.05, 0.1) is 6.26 Å². The molecule has 1 aliphatic rings. The molecule has 21 heavy (non-hydrogen) atoms. The monoisotopic (exact) mass is 331 g/mol. The van der Waals surface area contributed by atoms with Crippen LogP contribution in [0.3, 0.4) is 0 Å². The summed E-state index contributed by atoms with van der Waals surface area (Å²) in [4.78, 5) is 2.30. The van der Waals surface area contributed by atoms with Crippen LogP contribution in [0.1, 0.15) is 11.1 Å². The first kappa shape index (κ1) is 16.3. The number of piperazine rings is 1. The molecule has 0 aromatic heterocycles. The summed E-state index contributed by atoms with van der Waals surface area (Å²) in [5.74, 6) is -0.334. The minimum atomic E-state index is -3.14. The van der Waals surface area contributed by atoms with Gasteiger partial charge in [-0.05, 0) is 23.8 Å². The van der Waals surface area contributed by atoms with Gasteiger partial charge in [0.25, 0.3) is 0 Å². The minimum Gasteiger partial charge on any atom is -0.389 e. The van der Waals surface area contributed by atoms with Crippen LogP contribution in [0.4, 0.5) is 4.39 Å². The summed E-state index contributed by atoms with van der Waals surface area (Å²) in [6.45, 7) is 2.58. The smallest absolute Gasteiger partial charge is 0.211 e. The number of sulfonamides is 1. The van der Waals surface area contributed by atoms with Crippen molar-refractivity contribution in [1.82, 2.24) is 9.21 Å². The minimum absolute atomic E-state index is 0.236. The predicted octanol–water partition coefficient (Wildman–Crippen LogP) is 0.537. The third-order valence-corrected chi connectivity index (χ3v) is 5.05. The van der Waals surface area contributed by atoms with E-state index in [0.29, 0.717) is 38.3 Å². The van der Waals surface area contributed by atoms with Gasteiger partial charge in [-0.1, -0.05) is 12.2 Å². The average Bonchev–Trinajstić information content (AvgIpc) is 2.38. The van der Waals surface area contributed by atoms with Crippen LogP contribution >= 0.6 is 12.2 Å². The van der Waals surface area contributed by atoms with Crippen molar-refractivity contribution in [3.05, 3.63) is 35.1 Å². The maximum atomic E-state index is 13.4. The molecule has 1 fully saturated rings. The predicted molar refractivity (Wildman–Crippen MR) is 84.0 cm³/mol. The fraction of sp³-hybridized carbons (Fsp3) is 0.462. The molecule has 1 aromatic rings. The lowest BCUT2D eigenvalue weighted by Crippen LogP contribution is -2.47. The Kier molecular flexibility index (Phi) is 4.92. The normalized spacial score (nSPS) is 17.8. The van der Waals surface area contributed by atoms with Crippen molar-refractivity contribution in [2.24, 2.45) is 5.73 Å². The van der Waals surface area contributed by atoms with E-state index in [9.17, 15) is 12.8 Å². The van der Waals surface area contributed by atoms with Gasteiger partial charge in [-0.25, -0.2) is 12.8 Å². The van der Waals surface area contributed by atoms with Crippen LogP contribution in [0.2, 0.25) is 0 Å². The molecule has 5 nitrogen and oxygen atoms in total.